The molecule has 5 rings (SSSR count). The SMILES string of the molecule is CB(O)N1CCc2cccc(C(=O)O)c21.COC(=O)c1ccc([C@H](C)NC(=O)c2cccc3c2N(B(C)O)CC3)cc1. The average molecular weight is 571 g/mol. The first kappa shape index (κ1) is 30.7. The summed E-state index contributed by atoms with van der Waals surface area (Å²) in [6.45, 7) is 6.61. The molecule has 0 spiro atoms. The van der Waals surface area contributed by atoms with E-state index in [1.165, 1.54) is 7.11 Å². The van der Waals surface area contributed by atoms with Gasteiger partial charge in [0.2, 0.25) is 0 Å². The van der Waals surface area contributed by atoms with Gasteiger partial charge in [0.05, 0.1) is 29.8 Å². The normalized spacial score (nSPS) is 13.8. The lowest BCUT2D eigenvalue weighted by Gasteiger charge is -2.23. The van der Waals surface area contributed by atoms with Crippen LogP contribution in [0.15, 0.2) is 60.7 Å². The highest BCUT2D eigenvalue weighted by atomic mass is 16.5. The van der Waals surface area contributed by atoms with E-state index in [1.807, 2.05) is 29.9 Å². The van der Waals surface area contributed by atoms with Crippen LogP contribution in [-0.2, 0) is 17.6 Å². The molecule has 1 atom stereocenters. The summed E-state index contributed by atoms with van der Waals surface area (Å²) in [6.07, 6.45) is 1.60. The molecule has 2 aliphatic heterocycles. The number of benzene rings is 3. The molecule has 2 aliphatic rings. The number of ether oxygens (including phenoxy) is 1. The molecule has 0 aromatic heterocycles. The van der Waals surface area contributed by atoms with Crippen LogP contribution in [0.1, 0.15) is 60.7 Å². The second-order valence-electron chi connectivity index (χ2n) is 10.4. The fourth-order valence-electron chi connectivity index (χ4n) is 5.46. The molecule has 3 aromatic carbocycles. The molecular weight excluding hydrogens is 536 g/mol. The Morgan fingerprint density at radius 2 is 1.33 bits per heavy atom. The van der Waals surface area contributed by atoms with Crippen LogP contribution in [0.2, 0.25) is 13.6 Å². The van der Waals surface area contributed by atoms with Crippen LogP contribution < -0.4 is 14.9 Å². The molecular formula is C30H35B2N3O7. The molecule has 0 saturated carbocycles. The van der Waals surface area contributed by atoms with Crippen LogP contribution in [0.3, 0.4) is 0 Å². The monoisotopic (exact) mass is 571 g/mol. The molecule has 3 aromatic rings. The van der Waals surface area contributed by atoms with Crippen molar-refractivity contribution in [2.24, 2.45) is 0 Å². The van der Waals surface area contributed by atoms with Gasteiger partial charge in [-0.2, -0.15) is 0 Å². The lowest BCUT2D eigenvalue weighted by molar-refractivity contribution is 0.0599. The number of nitrogens with one attached hydrogen (secondary N) is 1. The maximum Gasteiger partial charge on any atom is 0.409 e. The van der Waals surface area contributed by atoms with Gasteiger partial charge in [-0.15, -0.1) is 0 Å². The predicted octanol–water partition coefficient (Wildman–Crippen LogP) is 3.29. The number of methoxy groups -OCH3 is 1. The fraction of sp³-hybridized carbons (Fsp3) is 0.300. The summed E-state index contributed by atoms with van der Waals surface area (Å²) in [7, 11) is 0.0451. The molecule has 218 valence electrons. The fourth-order valence-corrected chi connectivity index (χ4v) is 5.46. The molecule has 10 nitrogen and oxygen atoms in total. The Morgan fingerprint density at radius 1 is 0.833 bits per heavy atom. The first-order chi connectivity index (χ1) is 20.0. The second-order valence-corrected chi connectivity index (χ2v) is 10.4. The number of hydrogen-bond acceptors (Lipinski definition) is 8. The molecule has 0 aliphatic carbocycles. The number of carbonyl (C=O) groups excluding carboxylic acids is 2. The van der Waals surface area contributed by atoms with Gasteiger partial charge in [-0.3, -0.25) is 4.79 Å². The van der Waals surface area contributed by atoms with Crippen molar-refractivity contribution in [1.82, 2.24) is 5.32 Å². The molecule has 2 heterocycles. The number of carboxylic acids is 1. The van der Waals surface area contributed by atoms with E-state index in [2.05, 4.69) is 5.32 Å². The van der Waals surface area contributed by atoms with Crippen molar-refractivity contribution in [3.63, 3.8) is 0 Å². The van der Waals surface area contributed by atoms with E-state index in [-0.39, 0.29) is 17.5 Å². The minimum Gasteiger partial charge on any atom is -0.478 e. The van der Waals surface area contributed by atoms with Gasteiger partial charge in [-0.05, 0) is 74.4 Å². The van der Waals surface area contributed by atoms with Crippen molar-refractivity contribution < 1.29 is 34.3 Å². The summed E-state index contributed by atoms with van der Waals surface area (Å²) < 4.78 is 4.70. The van der Waals surface area contributed by atoms with Crippen LogP contribution in [-0.4, -0.2) is 67.3 Å². The maximum absolute atomic E-state index is 12.9. The minimum atomic E-state index is -0.945. The number of hydrogen-bond donors (Lipinski definition) is 4. The Balaban J connectivity index is 0.000000227. The summed E-state index contributed by atoms with van der Waals surface area (Å²) in [5.41, 5.74) is 5.71. The first-order valence-corrected chi connectivity index (χ1v) is 13.9. The molecule has 1 amide bonds. The molecule has 12 heteroatoms. The number of fused-ring (bicyclic) bond motifs is 2. The number of anilines is 2. The van der Waals surface area contributed by atoms with E-state index < -0.39 is 26.0 Å². The van der Waals surface area contributed by atoms with E-state index >= 15 is 0 Å². The number of aromatic carboxylic acids is 1. The standard InChI is InChI=1S/C20H23BN2O4.C10H12BNO3/c1-13(14-7-9-16(10-8-14)20(25)27-3)22-19(24)17-6-4-5-15-11-12-23(18(15)17)21(2)26;1-11(15)12-6-5-7-3-2-4-8(9(7)12)10(13)14/h4-10,13,26H,11-12H2,1-3H3,(H,22,24);2-4,15H,5-6H2,1H3,(H,13,14)/t13-;/m0./s1. The first-order valence-electron chi connectivity index (χ1n) is 13.9. The molecule has 0 saturated heterocycles. The summed E-state index contributed by atoms with van der Waals surface area (Å²) >= 11 is 0. The Kier molecular flexibility index (Phi) is 9.59. The van der Waals surface area contributed by atoms with Gasteiger partial charge in [0.1, 0.15) is 0 Å². The number of esters is 1. The third kappa shape index (κ3) is 6.45. The highest BCUT2D eigenvalue weighted by molar-refractivity contribution is 6.54. The van der Waals surface area contributed by atoms with E-state index in [1.54, 1.807) is 60.9 Å². The smallest absolute Gasteiger partial charge is 0.409 e. The van der Waals surface area contributed by atoms with Crippen molar-refractivity contribution in [2.75, 3.05) is 29.8 Å². The highest BCUT2D eigenvalue weighted by Gasteiger charge is 2.30. The maximum atomic E-state index is 12.9. The van der Waals surface area contributed by atoms with Crippen LogP contribution in [0, 0.1) is 0 Å². The molecule has 4 N–H and O–H groups in total. The number of nitrogens with zero attached hydrogens (tertiary/aromatic N) is 2. The predicted molar refractivity (Wildman–Crippen MR) is 163 cm³/mol. The topological polar surface area (TPSA) is 140 Å². The Morgan fingerprint density at radius 3 is 1.81 bits per heavy atom. The zero-order valence-electron chi connectivity index (χ0n) is 24.2. The van der Waals surface area contributed by atoms with Gasteiger partial charge in [-0.25, -0.2) is 9.59 Å². The second kappa shape index (κ2) is 13.1. The van der Waals surface area contributed by atoms with E-state index in [0.717, 1.165) is 35.2 Å². The summed E-state index contributed by atoms with van der Waals surface area (Å²) in [4.78, 5) is 39.0. The van der Waals surface area contributed by atoms with Crippen molar-refractivity contribution in [1.29, 1.82) is 0 Å². The van der Waals surface area contributed by atoms with Gasteiger partial charge < -0.3 is 34.8 Å². The van der Waals surface area contributed by atoms with Gasteiger partial charge in [0.25, 0.3) is 5.91 Å². The lowest BCUT2D eigenvalue weighted by atomic mass is 9.84. The number of carbonyl (C=O) groups is 3. The van der Waals surface area contributed by atoms with Crippen LogP contribution in [0.25, 0.3) is 0 Å². The van der Waals surface area contributed by atoms with E-state index in [9.17, 15) is 24.4 Å². The van der Waals surface area contributed by atoms with Crippen LogP contribution in [0.5, 0.6) is 0 Å². The van der Waals surface area contributed by atoms with E-state index in [4.69, 9.17) is 9.84 Å². The lowest BCUT2D eigenvalue weighted by Crippen LogP contribution is -2.37. The van der Waals surface area contributed by atoms with Crippen molar-refractivity contribution in [2.45, 2.75) is 39.5 Å². The van der Waals surface area contributed by atoms with Crippen LogP contribution >= 0.6 is 0 Å². The number of amides is 1. The Labute approximate surface area is 246 Å². The quantitative estimate of drug-likeness (QED) is 0.249. The van der Waals surface area contributed by atoms with Crippen LogP contribution in [0.4, 0.5) is 11.4 Å². The summed E-state index contributed by atoms with van der Waals surface area (Å²) in [5.74, 6) is -1.53. The largest absolute Gasteiger partial charge is 0.478 e. The van der Waals surface area contributed by atoms with Crippen molar-refractivity contribution in [3.8, 4) is 0 Å². The molecule has 0 fully saturated rings. The Hall–Kier alpha value is -4.28. The third-order valence-electron chi connectivity index (χ3n) is 7.61. The van der Waals surface area contributed by atoms with Gasteiger partial charge in [0, 0.05) is 24.5 Å². The van der Waals surface area contributed by atoms with Gasteiger partial charge in [0.15, 0.2) is 0 Å². The molecule has 0 unspecified atom stereocenters. The number of para-hydroxylation sites is 2. The molecule has 0 radical (unpaired) electrons. The summed E-state index contributed by atoms with van der Waals surface area (Å²) in [5, 5.41) is 31.6. The number of rotatable bonds is 7. The van der Waals surface area contributed by atoms with Crippen molar-refractivity contribution >= 4 is 43.3 Å². The van der Waals surface area contributed by atoms with Gasteiger partial charge in [-0.1, -0.05) is 36.4 Å². The average Bonchev–Trinajstić information content (AvgIpc) is 3.62. The molecule has 0 bridgehead atoms. The zero-order chi connectivity index (χ0) is 30.6. The van der Waals surface area contributed by atoms with E-state index in [0.29, 0.717) is 29.9 Å². The summed E-state index contributed by atoms with van der Waals surface area (Å²) in [6, 6.07) is 17.6. The minimum absolute atomic E-state index is 0.191. The Bertz CT molecular complexity index is 1460. The number of carboxylic acid groups (broad SMARTS) is 1. The third-order valence-corrected chi connectivity index (χ3v) is 7.61. The van der Waals surface area contributed by atoms with Gasteiger partial charge >= 0.3 is 26.0 Å². The highest BCUT2D eigenvalue weighted by Crippen LogP contribution is 2.33. The van der Waals surface area contributed by atoms with Crippen molar-refractivity contribution in [3.05, 3.63) is 94.0 Å². The molecule has 42 heavy (non-hydrogen) atoms. The zero-order valence-corrected chi connectivity index (χ0v) is 24.2.